The van der Waals surface area contributed by atoms with E-state index in [1.54, 1.807) is 22.7 Å². The zero-order valence-corrected chi connectivity index (χ0v) is 21.3. The summed E-state index contributed by atoms with van der Waals surface area (Å²) in [6.07, 6.45) is 2.24. The predicted molar refractivity (Wildman–Crippen MR) is 140 cm³/mol. The minimum atomic E-state index is -0.480. The number of thioether (sulfide) groups is 1. The van der Waals surface area contributed by atoms with Crippen LogP contribution >= 0.6 is 11.8 Å². The van der Waals surface area contributed by atoms with Crippen LogP contribution in [-0.2, 0) is 11.2 Å². The van der Waals surface area contributed by atoms with Gasteiger partial charge in [-0.1, -0.05) is 43.0 Å². The lowest BCUT2D eigenvalue weighted by molar-refractivity contribution is -0.115. The number of aryl methyl sites for hydroxylation is 1. The lowest BCUT2D eigenvalue weighted by Gasteiger charge is -2.16. The molecule has 0 spiro atoms. The van der Waals surface area contributed by atoms with Crippen molar-refractivity contribution in [3.63, 3.8) is 0 Å². The summed E-state index contributed by atoms with van der Waals surface area (Å²) in [4.78, 5) is 22.7. The summed E-state index contributed by atoms with van der Waals surface area (Å²) in [7, 11) is 0. The molecule has 0 radical (unpaired) electrons. The zero-order chi connectivity index (χ0) is 25.2. The van der Waals surface area contributed by atoms with Crippen LogP contribution in [0.5, 0.6) is 0 Å². The number of fused-ring (bicyclic) bond motifs is 3. The van der Waals surface area contributed by atoms with Gasteiger partial charge < -0.3 is 5.32 Å². The lowest BCUT2D eigenvalue weighted by Crippen LogP contribution is -2.30. The number of carbonyl (C=O) groups is 1. The van der Waals surface area contributed by atoms with Gasteiger partial charge in [0.25, 0.3) is 0 Å². The molecule has 0 aliphatic carbocycles. The van der Waals surface area contributed by atoms with Gasteiger partial charge in [0.2, 0.25) is 5.91 Å². The Hall–Kier alpha value is -3.08. The average molecular weight is 508 g/mol. The second kappa shape index (κ2) is 10.5. The minimum Gasteiger partial charge on any atom is -0.323 e. The molecule has 1 aliphatic heterocycles. The first-order valence-corrected chi connectivity index (χ1v) is 13.2. The molecule has 0 saturated carbocycles. The number of carbonyl (C=O) groups excluding carboxylic acids is 1. The van der Waals surface area contributed by atoms with Gasteiger partial charge in [0.1, 0.15) is 5.82 Å². The van der Waals surface area contributed by atoms with Gasteiger partial charge in [0.05, 0.1) is 16.5 Å². The molecule has 3 unspecified atom stereocenters. The van der Waals surface area contributed by atoms with Crippen LogP contribution in [0.2, 0.25) is 0 Å². The molecule has 5 rings (SSSR count). The molecule has 1 fully saturated rings. The summed E-state index contributed by atoms with van der Waals surface area (Å²) in [5, 5.41) is 8.54. The Labute approximate surface area is 213 Å². The highest BCUT2D eigenvalue weighted by atomic mass is 32.2. The topological polar surface area (TPSA) is 96.2 Å². The monoisotopic (exact) mass is 507 g/mol. The van der Waals surface area contributed by atoms with Gasteiger partial charge in [-0.15, -0.1) is 5.10 Å². The molecular weight excluding hydrogens is 477 g/mol. The fraction of sp³-hybridized carbons (Fsp3) is 0.385. The third kappa shape index (κ3) is 4.93. The number of nitrogens with zero attached hydrogens (tertiary/aromatic N) is 4. The van der Waals surface area contributed by atoms with E-state index in [0.29, 0.717) is 29.6 Å². The summed E-state index contributed by atoms with van der Waals surface area (Å²) >= 11 is 1.32. The van der Waals surface area contributed by atoms with Crippen molar-refractivity contribution in [2.75, 3.05) is 5.32 Å². The number of para-hydroxylation sites is 2. The highest BCUT2D eigenvalue weighted by Gasteiger charge is 2.30. The quantitative estimate of drug-likeness (QED) is 0.241. The summed E-state index contributed by atoms with van der Waals surface area (Å²) in [5.74, 6) is 0.492. The summed E-state index contributed by atoms with van der Waals surface area (Å²) in [6, 6.07) is 14.7. The van der Waals surface area contributed by atoms with Crippen molar-refractivity contribution in [2.24, 2.45) is 5.92 Å². The van der Waals surface area contributed by atoms with Crippen molar-refractivity contribution < 1.29 is 9.18 Å². The van der Waals surface area contributed by atoms with Gasteiger partial charge in [-0.25, -0.2) is 14.4 Å². The molecule has 0 bridgehead atoms. The zero-order valence-electron chi connectivity index (χ0n) is 20.5. The Bertz CT molecular complexity index is 1380. The van der Waals surface area contributed by atoms with Crippen molar-refractivity contribution >= 4 is 39.9 Å². The Balaban J connectivity index is 1.44. The Kier molecular flexibility index (Phi) is 7.17. The number of rotatable bonds is 8. The maximum absolute atomic E-state index is 14.1. The summed E-state index contributed by atoms with van der Waals surface area (Å²) < 4.78 is 15.8. The molecular formula is C26H30FN7OS. The van der Waals surface area contributed by atoms with Gasteiger partial charge in [0.15, 0.2) is 16.6 Å². The van der Waals surface area contributed by atoms with E-state index in [-0.39, 0.29) is 11.6 Å². The predicted octanol–water partition coefficient (Wildman–Crippen LogP) is 4.36. The summed E-state index contributed by atoms with van der Waals surface area (Å²) in [6.45, 7) is 6.29. The van der Waals surface area contributed by atoms with Gasteiger partial charge in [0, 0.05) is 23.9 Å². The molecule has 1 saturated heterocycles. The maximum atomic E-state index is 14.1. The Morgan fingerprint density at radius 3 is 2.58 bits per heavy atom. The molecule has 2 aromatic heterocycles. The number of hydrogen-bond acceptors (Lipinski definition) is 7. The number of nitrogens with one attached hydrogen (secondary N) is 3. The molecule has 8 nitrogen and oxygen atoms in total. The second-order valence-corrected chi connectivity index (χ2v) is 10.4. The van der Waals surface area contributed by atoms with Crippen LogP contribution in [0.15, 0.2) is 53.7 Å². The summed E-state index contributed by atoms with van der Waals surface area (Å²) in [5.41, 5.74) is 8.30. The van der Waals surface area contributed by atoms with E-state index in [0.717, 1.165) is 35.2 Å². The number of halogens is 1. The molecule has 1 amide bonds. The second-order valence-electron chi connectivity index (χ2n) is 9.23. The number of hydrazine groups is 1. The fourth-order valence-electron chi connectivity index (χ4n) is 4.69. The van der Waals surface area contributed by atoms with E-state index in [9.17, 15) is 9.18 Å². The molecule has 36 heavy (non-hydrogen) atoms. The first kappa shape index (κ1) is 24.6. The number of benzene rings is 2. The smallest absolute Gasteiger partial charge is 0.238 e. The van der Waals surface area contributed by atoms with Crippen LogP contribution in [0.4, 0.5) is 10.1 Å². The molecule has 3 heterocycles. The number of anilines is 1. The maximum Gasteiger partial charge on any atom is 0.238 e. The number of hydrogen-bond donors (Lipinski definition) is 3. The van der Waals surface area contributed by atoms with Crippen LogP contribution < -0.4 is 16.2 Å². The van der Waals surface area contributed by atoms with Gasteiger partial charge in [-0.2, -0.15) is 4.52 Å². The van der Waals surface area contributed by atoms with Gasteiger partial charge in [-0.3, -0.25) is 15.6 Å². The normalized spacial score (nSPS) is 20.7. The third-order valence-electron chi connectivity index (χ3n) is 6.76. The SMILES string of the molecule is CCC(Sc1nc2ccccc2c2nc(CCC3C(C)NNC3C)nn12)C(=O)Nc1ccccc1F. The van der Waals surface area contributed by atoms with Crippen molar-refractivity contribution in [3.8, 4) is 0 Å². The highest BCUT2D eigenvalue weighted by molar-refractivity contribution is 8.00. The van der Waals surface area contributed by atoms with Gasteiger partial charge >= 0.3 is 0 Å². The molecule has 3 N–H and O–H groups in total. The van der Waals surface area contributed by atoms with E-state index >= 15 is 0 Å². The number of aromatic nitrogens is 4. The molecule has 4 aromatic rings. The van der Waals surface area contributed by atoms with Crippen LogP contribution in [0.25, 0.3) is 16.6 Å². The van der Waals surface area contributed by atoms with E-state index in [1.807, 2.05) is 31.2 Å². The van der Waals surface area contributed by atoms with Crippen molar-refractivity contribution in [1.82, 2.24) is 30.4 Å². The van der Waals surface area contributed by atoms with E-state index < -0.39 is 11.1 Å². The standard InChI is InChI=1S/C26H30FN7OS/c1-4-22(25(35)28-21-12-8-6-10-19(21)27)36-26-29-20-11-7-5-9-18(20)24-30-23(33-34(24)26)14-13-17-15(2)31-32-16(17)3/h5-12,15-17,22,31-32H,4,13-14H2,1-3H3,(H,28,35). The van der Waals surface area contributed by atoms with Crippen molar-refractivity contribution in [1.29, 1.82) is 0 Å². The highest BCUT2D eigenvalue weighted by Crippen LogP contribution is 2.29. The third-order valence-corrected chi connectivity index (χ3v) is 8.07. The molecule has 10 heteroatoms. The molecule has 3 atom stereocenters. The van der Waals surface area contributed by atoms with Crippen LogP contribution in [0, 0.1) is 11.7 Å². The molecule has 2 aromatic carbocycles. The Morgan fingerprint density at radius 1 is 1.11 bits per heavy atom. The van der Waals surface area contributed by atoms with Crippen molar-refractivity contribution in [2.45, 2.75) is 62.5 Å². The Morgan fingerprint density at radius 2 is 1.83 bits per heavy atom. The van der Waals surface area contributed by atoms with E-state index in [2.05, 4.69) is 30.0 Å². The van der Waals surface area contributed by atoms with E-state index in [1.165, 1.54) is 17.8 Å². The van der Waals surface area contributed by atoms with E-state index in [4.69, 9.17) is 15.1 Å². The van der Waals surface area contributed by atoms with Crippen LogP contribution in [0.1, 0.15) is 39.4 Å². The minimum absolute atomic E-state index is 0.167. The fourth-order valence-corrected chi connectivity index (χ4v) is 5.65. The first-order chi connectivity index (χ1) is 17.4. The molecule has 188 valence electrons. The first-order valence-electron chi connectivity index (χ1n) is 12.3. The van der Waals surface area contributed by atoms with Crippen LogP contribution in [0.3, 0.4) is 0 Å². The number of amides is 1. The van der Waals surface area contributed by atoms with Gasteiger partial charge in [-0.05, 0) is 56.9 Å². The lowest BCUT2D eigenvalue weighted by atomic mass is 9.91. The van der Waals surface area contributed by atoms with Crippen LogP contribution in [-0.4, -0.2) is 42.8 Å². The average Bonchev–Trinajstić information content (AvgIpc) is 3.45. The largest absolute Gasteiger partial charge is 0.323 e. The molecule has 1 aliphatic rings. The van der Waals surface area contributed by atoms with Crippen molar-refractivity contribution in [3.05, 3.63) is 60.2 Å².